The van der Waals surface area contributed by atoms with E-state index in [9.17, 15) is 0 Å². The molecule has 2 atom stereocenters. The van der Waals surface area contributed by atoms with Crippen molar-refractivity contribution in [1.29, 1.82) is 0 Å². The average Bonchev–Trinajstić information content (AvgIpc) is 2.85. The maximum Gasteiger partial charge on any atom is 0.125 e. The van der Waals surface area contributed by atoms with Gasteiger partial charge in [-0.2, -0.15) is 0 Å². The molecule has 4 heteroatoms. The van der Waals surface area contributed by atoms with Crippen LogP contribution < -0.4 is 16.0 Å². The summed E-state index contributed by atoms with van der Waals surface area (Å²) >= 11 is 6.18. The average molecular weight is 283 g/mol. The Morgan fingerprint density at radius 1 is 1.47 bits per heavy atom. The van der Waals surface area contributed by atoms with Crippen LogP contribution in [0.25, 0.3) is 0 Å². The molecule has 2 unspecified atom stereocenters. The van der Waals surface area contributed by atoms with Crippen molar-refractivity contribution in [2.75, 3.05) is 6.61 Å². The molecule has 0 fully saturated rings. The molecule has 0 aliphatic carbocycles. The van der Waals surface area contributed by atoms with Gasteiger partial charge in [-0.05, 0) is 42.0 Å². The van der Waals surface area contributed by atoms with Gasteiger partial charge >= 0.3 is 0 Å². The highest BCUT2D eigenvalue weighted by atomic mass is 35.5. The molecule has 0 radical (unpaired) electrons. The predicted octanol–water partition coefficient (Wildman–Crippen LogP) is 3.09. The first-order chi connectivity index (χ1) is 9.13. The Kier molecular flexibility index (Phi) is 5.08. The number of benzene rings is 1. The number of halogens is 1. The summed E-state index contributed by atoms with van der Waals surface area (Å²) in [6, 6.07) is 4.28. The first-order valence-electron chi connectivity index (χ1n) is 7.04. The van der Waals surface area contributed by atoms with Crippen LogP contribution in [0, 0.1) is 5.92 Å². The zero-order valence-corrected chi connectivity index (χ0v) is 12.5. The van der Waals surface area contributed by atoms with Crippen molar-refractivity contribution in [2.24, 2.45) is 11.8 Å². The Balaban J connectivity index is 2.13. The third-order valence-corrected chi connectivity index (χ3v) is 4.13. The number of nitrogens with two attached hydrogens (primary N) is 1. The van der Waals surface area contributed by atoms with Crippen LogP contribution in [0.15, 0.2) is 12.1 Å². The lowest BCUT2D eigenvalue weighted by Gasteiger charge is -2.20. The van der Waals surface area contributed by atoms with Crippen molar-refractivity contribution in [3.63, 3.8) is 0 Å². The zero-order chi connectivity index (χ0) is 13.8. The highest BCUT2D eigenvalue weighted by Crippen LogP contribution is 2.34. The van der Waals surface area contributed by atoms with Gasteiger partial charge in [0.05, 0.1) is 6.61 Å². The van der Waals surface area contributed by atoms with Gasteiger partial charge in [0.15, 0.2) is 0 Å². The molecule has 0 saturated carbocycles. The van der Waals surface area contributed by atoms with E-state index in [1.807, 2.05) is 12.1 Å². The van der Waals surface area contributed by atoms with E-state index in [4.69, 9.17) is 22.2 Å². The van der Waals surface area contributed by atoms with E-state index in [0.717, 1.165) is 36.6 Å². The van der Waals surface area contributed by atoms with E-state index < -0.39 is 0 Å². The lowest BCUT2D eigenvalue weighted by Crippen LogP contribution is -2.38. The van der Waals surface area contributed by atoms with Gasteiger partial charge in [-0.25, -0.2) is 0 Å². The summed E-state index contributed by atoms with van der Waals surface area (Å²) in [6.07, 6.45) is 4.05. The van der Waals surface area contributed by atoms with Crippen molar-refractivity contribution >= 4 is 11.6 Å². The van der Waals surface area contributed by atoms with Crippen molar-refractivity contribution in [3.05, 3.63) is 28.3 Å². The van der Waals surface area contributed by atoms with Crippen LogP contribution in [0.2, 0.25) is 5.02 Å². The highest BCUT2D eigenvalue weighted by Gasteiger charge is 2.20. The third-order valence-electron chi connectivity index (χ3n) is 3.91. The number of hydrazine groups is 1. The second-order valence-electron chi connectivity index (χ2n) is 5.47. The summed E-state index contributed by atoms with van der Waals surface area (Å²) in [5.41, 5.74) is 5.32. The third kappa shape index (κ3) is 3.62. The van der Waals surface area contributed by atoms with Crippen LogP contribution in [0.3, 0.4) is 0 Å². The lowest BCUT2D eigenvalue weighted by molar-refractivity contribution is 0.347. The van der Waals surface area contributed by atoms with Gasteiger partial charge in [0.2, 0.25) is 0 Å². The molecule has 1 aromatic carbocycles. The molecule has 0 aromatic heterocycles. The van der Waals surface area contributed by atoms with Gasteiger partial charge in [0, 0.05) is 17.5 Å². The minimum Gasteiger partial charge on any atom is -0.493 e. The minimum absolute atomic E-state index is 0.265. The van der Waals surface area contributed by atoms with Crippen LogP contribution in [0.5, 0.6) is 5.75 Å². The molecule has 1 aromatic rings. The largest absolute Gasteiger partial charge is 0.493 e. The fourth-order valence-electron chi connectivity index (χ4n) is 2.63. The maximum atomic E-state index is 6.18. The number of ether oxygens (including phenoxy) is 1. The van der Waals surface area contributed by atoms with Crippen molar-refractivity contribution in [1.82, 2.24) is 5.43 Å². The molecule has 0 spiro atoms. The molecule has 0 bridgehead atoms. The summed E-state index contributed by atoms with van der Waals surface area (Å²) in [5, 5.41) is 0.790. The van der Waals surface area contributed by atoms with Crippen LogP contribution in [-0.2, 0) is 12.8 Å². The number of fused-ring (bicyclic) bond motifs is 1. The Morgan fingerprint density at radius 2 is 2.26 bits per heavy atom. The molecular formula is C15H23ClN2O. The molecule has 3 N–H and O–H groups in total. The predicted molar refractivity (Wildman–Crippen MR) is 79.5 cm³/mol. The molecule has 0 amide bonds. The second kappa shape index (κ2) is 6.60. The Hall–Kier alpha value is -0.770. The standard InChI is InChI=1S/C15H23ClN2O/c1-3-10(2)6-14(18-17)9-12-8-13(16)7-11-4-5-19-15(11)12/h7-8,10,14,18H,3-6,9,17H2,1-2H3. The van der Waals surface area contributed by atoms with E-state index >= 15 is 0 Å². The zero-order valence-electron chi connectivity index (χ0n) is 11.7. The molecule has 2 rings (SSSR count). The second-order valence-corrected chi connectivity index (χ2v) is 5.90. The van der Waals surface area contributed by atoms with Gasteiger partial charge in [-0.1, -0.05) is 31.9 Å². The molecular weight excluding hydrogens is 260 g/mol. The SMILES string of the molecule is CCC(C)CC(Cc1cc(Cl)cc2c1OCC2)NN. The summed E-state index contributed by atoms with van der Waals surface area (Å²) in [7, 11) is 0. The molecule has 106 valence electrons. The monoisotopic (exact) mass is 282 g/mol. The molecule has 3 nitrogen and oxygen atoms in total. The minimum atomic E-state index is 0.265. The van der Waals surface area contributed by atoms with Gasteiger partial charge in [-0.3, -0.25) is 11.3 Å². The number of hydrogen-bond acceptors (Lipinski definition) is 3. The molecule has 1 aliphatic rings. The Bertz CT molecular complexity index is 436. The fourth-order valence-corrected chi connectivity index (χ4v) is 2.89. The van der Waals surface area contributed by atoms with Crippen LogP contribution in [-0.4, -0.2) is 12.6 Å². The van der Waals surface area contributed by atoms with Gasteiger partial charge in [0.1, 0.15) is 5.75 Å². The van der Waals surface area contributed by atoms with E-state index in [1.54, 1.807) is 0 Å². The first-order valence-corrected chi connectivity index (χ1v) is 7.42. The molecule has 19 heavy (non-hydrogen) atoms. The normalized spacial score (nSPS) is 16.8. The molecule has 0 saturated heterocycles. The van der Waals surface area contributed by atoms with Gasteiger partial charge in [0.25, 0.3) is 0 Å². The van der Waals surface area contributed by atoms with Crippen LogP contribution in [0.1, 0.15) is 37.8 Å². The molecule has 1 aliphatic heterocycles. The van der Waals surface area contributed by atoms with E-state index in [0.29, 0.717) is 5.92 Å². The Morgan fingerprint density at radius 3 is 2.95 bits per heavy atom. The summed E-state index contributed by atoms with van der Waals surface area (Å²) in [6.45, 7) is 5.22. The summed E-state index contributed by atoms with van der Waals surface area (Å²) in [4.78, 5) is 0. The number of nitrogens with one attached hydrogen (secondary N) is 1. The quantitative estimate of drug-likeness (QED) is 0.623. The molecule has 1 heterocycles. The summed E-state index contributed by atoms with van der Waals surface area (Å²) < 4.78 is 5.73. The first kappa shape index (κ1) is 14.6. The van der Waals surface area contributed by atoms with Crippen LogP contribution >= 0.6 is 11.6 Å². The fraction of sp³-hybridized carbons (Fsp3) is 0.600. The summed E-state index contributed by atoms with van der Waals surface area (Å²) in [5.74, 6) is 7.37. The number of rotatable bonds is 6. The topological polar surface area (TPSA) is 47.3 Å². The van der Waals surface area contributed by atoms with Gasteiger partial charge in [-0.15, -0.1) is 0 Å². The highest BCUT2D eigenvalue weighted by molar-refractivity contribution is 6.30. The van der Waals surface area contributed by atoms with E-state index in [1.165, 1.54) is 17.5 Å². The lowest BCUT2D eigenvalue weighted by atomic mass is 9.94. The van der Waals surface area contributed by atoms with Gasteiger partial charge < -0.3 is 4.74 Å². The number of hydrogen-bond donors (Lipinski definition) is 2. The maximum absolute atomic E-state index is 6.18. The van der Waals surface area contributed by atoms with E-state index in [2.05, 4.69) is 19.3 Å². The van der Waals surface area contributed by atoms with Crippen LogP contribution in [0.4, 0.5) is 0 Å². The van der Waals surface area contributed by atoms with E-state index in [-0.39, 0.29) is 6.04 Å². The van der Waals surface area contributed by atoms with Crippen molar-refractivity contribution in [3.8, 4) is 5.75 Å². The van der Waals surface area contributed by atoms with Crippen molar-refractivity contribution < 1.29 is 4.74 Å². The Labute approximate surface area is 120 Å². The smallest absolute Gasteiger partial charge is 0.125 e. The van der Waals surface area contributed by atoms with Crippen molar-refractivity contribution in [2.45, 2.75) is 45.6 Å².